The number of nitrogens with zero attached hydrogens (tertiary/aromatic N) is 1. The fourth-order valence-electron chi connectivity index (χ4n) is 3.36. The number of hydrogen-bond acceptors (Lipinski definition) is 6. The summed E-state index contributed by atoms with van der Waals surface area (Å²) in [5.74, 6) is 1.43. The lowest BCUT2D eigenvalue weighted by Crippen LogP contribution is -2.02. The Morgan fingerprint density at radius 3 is 2.50 bits per heavy atom. The van der Waals surface area contributed by atoms with Gasteiger partial charge in [-0.2, -0.15) is 0 Å². The van der Waals surface area contributed by atoms with E-state index < -0.39 is 5.63 Å². The molecule has 0 aliphatic carbocycles. The molecule has 158 valence electrons. The second-order valence-corrected chi connectivity index (χ2v) is 8.05. The van der Waals surface area contributed by atoms with Crippen LogP contribution in [0.4, 0.5) is 0 Å². The number of fused-ring (bicyclic) bond motifs is 1. The highest BCUT2D eigenvalue weighted by atomic mass is 32.1. The standard InChI is InChI=1S/C26H19NO4S/c1-29-20-10-7-17(8-11-20)15-30-21-12-9-19-13-22(26(28)31-24(19)14-21)25-27-23(16-32-25)18-5-3-2-4-6-18/h2-14,16H,15H2,1H3. The predicted molar refractivity (Wildman–Crippen MR) is 126 cm³/mol. The third-order valence-electron chi connectivity index (χ3n) is 5.08. The number of ether oxygens (including phenoxy) is 2. The van der Waals surface area contributed by atoms with Gasteiger partial charge < -0.3 is 13.9 Å². The third-order valence-corrected chi connectivity index (χ3v) is 5.95. The van der Waals surface area contributed by atoms with Crippen molar-refractivity contribution in [3.8, 4) is 33.3 Å². The molecule has 2 aromatic heterocycles. The molecule has 0 aliphatic heterocycles. The number of thiazole rings is 1. The average Bonchev–Trinajstić information content (AvgIpc) is 3.33. The van der Waals surface area contributed by atoms with Gasteiger partial charge in [0, 0.05) is 22.4 Å². The molecule has 5 rings (SSSR count). The number of rotatable bonds is 6. The zero-order chi connectivity index (χ0) is 21.9. The summed E-state index contributed by atoms with van der Waals surface area (Å²) < 4.78 is 16.6. The number of methoxy groups -OCH3 is 1. The van der Waals surface area contributed by atoms with Crippen LogP contribution in [0.25, 0.3) is 32.8 Å². The maximum atomic E-state index is 12.7. The van der Waals surface area contributed by atoms with E-state index >= 15 is 0 Å². The van der Waals surface area contributed by atoms with Crippen LogP contribution in [0.5, 0.6) is 11.5 Å². The van der Waals surface area contributed by atoms with Gasteiger partial charge in [-0.3, -0.25) is 0 Å². The lowest BCUT2D eigenvalue weighted by atomic mass is 10.1. The van der Waals surface area contributed by atoms with Gasteiger partial charge in [0.1, 0.15) is 28.7 Å². The first-order valence-corrected chi connectivity index (χ1v) is 10.9. The second kappa shape index (κ2) is 8.69. The zero-order valence-corrected chi connectivity index (χ0v) is 18.1. The molecule has 0 saturated heterocycles. The summed E-state index contributed by atoms with van der Waals surface area (Å²) in [4.78, 5) is 17.3. The Bertz CT molecular complexity index is 1420. The first-order chi connectivity index (χ1) is 15.7. The van der Waals surface area contributed by atoms with Gasteiger partial charge in [0.25, 0.3) is 0 Å². The number of benzene rings is 3. The minimum atomic E-state index is -0.418. The second-order valence-electron chi connectivity index (χ2n) is 7.19. The van der Waals surface area contributed by atoms with Gasteiger partial charge in [0.15, 0.2) is 0 Å². The highest BCUT2D eigenvalue weighted by molar-refractivity contribution is 7.13. The summed E-state index contributed by atoms with van der Waals surface area (Å²) in [6, 6.07) is 24.9. The van der Waals surface area contributed by atoms with Crippen molar-refractivity contribution in [3.63, 3.8) is 0 Å². The van der Waals surface area contributed by atoms with Crippen molar-refractivity contribution < 1.29 is 13.9 Å². The maximum Gasteiger partial charge on any atom is 0.346 e. The molecule has 6 heteroatoms. The molecule has 0 fully saturated rings. The fourth-order valence-corrected chi connectivity index (χ4v) is 4.19. The van der Waals surface area contributed by atoms with Crippen LogP contribution in [0, 0.1) is 0 Å². The van der Waals surface area contributed by atoms with E-state index in [9.17, 15) is 4.79 Å². The summed E-state index contributed by atoms with van der Waals surface area (Å²) in [7, 11) is 1.64. The zero-order valence-electron chi connectivity index (χ0n) is 17.3. The van der Waals surface area contributed by atoms with Crippen LogP contribution in [0.3, 0.4) is 0 Å². The van der Waals surface area contributed by atoms with Gasteiger partial charge in [0.05, 0.1) is 18.4 Å². The minimum Gasteiger partial charge on any atom is -0.497 e. The van der Waals surface area contributed by atoms with Crippen LogP contribution >= 0.6 is 11.3 Å². The van der Waals surface area contributed by atoms with Gasteiger partial charge in [0.2, 0.25) is 0 Å². The first kappa shape index (κ1) is 20.0. The SMILES string of the molecule is COc1ccc(COc2ccc3cc(-c4nc(-c5ccccc5)cs4)c(=O)oc3c2)cc1. The topological polar surface area (TPSA) is 61.6 Å². The quantitative estimate of drug-likeness (QED) is 0.295. The molecule has 0 spiro atoms. The van der Waals surface area contributed by atoms with E-state index in [-0.39, 0.29) is 0 Å². The van der Waals surface area contributed by atoms with Crippen LogP contribution in [0.2, 0.25) is 0 Å². The molecule has 0 bridgehead atoms. The van der Waals surface area contributed by atoms with E-state index in [4.69, 9.17) is 13.9 Å². The van der Waals surface area contributed by atoms with E-state index in [1.54, 1.807) is 13.2 Å². The third kappa shape index (κ3) is 4.13. The van der Waals surface area contributed by atoms with Gasteiger partial charge in [-0.05, 0) is 35.9 Å². The van der Waals surface area contributed by atoms with Crippen LogP contribution in [0.15, 0.2) is 93.5 Å². The molecule has 0 N–H and O–H groups in total. The minimum absolute atomic E-state index is 0.402. The van der Waals surface area contributed by atoms with E-state index in [0.717, 1.165) is 28.0 Å². The van der Waals surface area contributed by atoms with E-state index in [1.165, 1.54) is 11.3 Å². The molecule has 5 nitrogen and oxygen atoms in total. The Hall–Kier alpha value is -3.90. The highest BCUT2D eigenvalue weighted by Gasteiger charge is 2.13. The Balaban J connectivity index is 1.38. The molecule has 3 aromatic carbocycles. The monoisotopic (exact) mass is 441 g/mol. The van der Waals surface area contributed by atoms with Crippen molar-refractivity contribution >= 4 is 22.3 Å². The Labute approximate surface area is 188 Å². The molecular formula is C26H19NO4S. The van der Waals surface area contributed by atoms with Crippen LogP contribution in [0.1, 0.15) is 5.56 Å². The number of aromatic nitrogens is 1. The normalized spacial score (nSPS) is 10.9. The predicted octanol–water partition coefficient (Wildman–Crippen LogP) is 6.17. The molecular weight excluding hydrogens is 422 g/mol. The van der Waals surface area contributed by atoms with Crippen molar-refractivity contribution in [1.82, 2.24) is 4.98 Å². The Kier molecular flexibility index (Phi) is 5.44. The Morgan fingerprint density at radius 2 is 1.72 bits per heavy atom. The average molecular weight is 442 g/mol. The molecule has 2 heterocycles. The summed E-state index contributed by atoms with van der Waals surface area (Å²) in [6.45, 7) is 0.402. The van der Waals surface area contributed by atoms with Crippen LogP contribution in [-0.4, -0.2) is 12.1 Å². The van der Waals surface area contributed by atoms with Gasteiger partial charge in [-0.15, -0.1) is 11.3 Å². The lowest BCUT2D eigenvalue weighted by Gasteiger charge is -2.08. The van der Waals surface area contributed by atoms with Crippen molar-refractivity contribution in [2.75, 3.05) is 7.11 Å². The smallest absolute Gasteiger partial charge is 0.346 e. The van der Waals surface area contributed by atoms with Crippen molar-refractivity contribution in [2.24, 2.45) is 0 Å². The first-order valence-electron chi connectivity index (χ1n) is 10.0. The maximum absolute atomic E-state index is 12.7. The van der Waals surface area contributed by atoms with Crippen molar-refractivity contribution in [3.05, 3.63) is 100 Å². The summed E-state index contributed by atoms with van der Waals surface area (Å²) in [6.07, 6.45) is 0. The summed E-state index contributed by atoms with van der Waals surface area (Å²) in [5.41, 5.74) is 3.38. The van der Waals surface area contributed by atoms with Crippen molar-refractivity contribution in [2.45, 2.75) is 6.61 Å². The molecule has 0 amide bonds. The summed E-state index contributed by atoms with van der Waals surface area (Å²) >= 11 is 1.43. The summed E-state index contributed by atoms with van der Waals surface area (Å²) in [5, 5.41) is 3.40. The fraction of sp³-hybridized carbons (Fsp3) is 0.0769. The molecule has 0 radical (unpaired) electrons. The lowest BCUT2D eigenvalue weighted by molar-refractivity contribution is 0.306. The van der Waals surface area contributed by atoms with Gasteiger partial charge in [-0.25, -0.2) is 9.78 Å². The largest absolute Gasteiger partial charge is 0.497 e. The molecule has 32 heavy (non-hydrogen) atoms. The van der Waals surface area contributed by atoms with Crippen molar-refractivity contribution in [1.29, 1.82) is 0 Å². The molecule has 0 aliphatic rings. The van der Waals surface area contributed by atoms with E-state index in [1.807, 2.05) is 78.2 Å². The van der Waals surface area contributed by atoms with E-state index in [2.05, 4.69) is 4.98 Å². The Morgan fingerprint density at radius 1 is 0.938 bits per heavy atom. The van der Waals surface area contributed by atoms with Crippen LogP contribution < -0.4 is 15.1 Å². The number of hydrogen-bond donors (Lipinski definition) is 0. The van der Waals surface area contributed by atoms with E-state index in [0.29, 0.717) is 28.5 Å². The molecule has 0 saturated carbocycles. The molecule has 0 unspecified atom stereocenters. The van der Waals surface area contributed by atoms with Gasteiger partial charge >= 0.3 is 5.63 Å². The van der Waals surface area contributed by atoms with Crippen LogP contribution in [-0.2, 0) is 6.61 Å². The molecule has 0 atom stereocenters. The highest BCUT2D eigenvalue weighted by Crippen LogP contribution is 2.30. The molecule has 5 aromatic rings. The van der Waals surface area contributed by atoms with Gasteiger partial charge in [-0.1, -0.05) is 42.5 Å².